The minimum Gasteiger partial charge on any atom is -0.212 e. The Morgan fingerprint density at radius 1 is 1.58 bits per heavy atom. The van der Waals surface area contributed by atoms with Crippen LogP contribution in [0, 0.1) is 11.3 Å². The van der Waals surface area contributed by atoms with Crippen LogP contribution < -0.4 is 4.72 Å². The van der Waals surface area contributed by atoms with Gasteiger partial charge < -0.3 is 0 Å². The van der Waals surface area contributed by atoms with Gasteiger partial charge in [-0.15, -0.1) is 0 Å². The Morgan fingerprint density at radius 3 is 2.42 bits per heavy atom. The Labute approximate surface area is 72.6 Å². The average molecular weight is 188 g/mol. The van der Waals surface area contributed by atoms with Crippen molar-refractivity contribution < 1.29 is 8.42 Å². The van der Waals surface area contributed by atoms with Crippen LogP contribution in [0.15, 0.2) is 0 Å². The zero-order valence-electron chi connectivity index (χ0n) is 7.00. The zero-order valence-corrected chi connectivity index (χ0v) is 7.82. The summed E-state index contributed by atoms with van der Waals surface area (Å²) < 4.78 is 24.6. The third kappa shape index (κ3) is 1.76. The number of nitrogens with one attached hydrogen (secondary N) is 1. The molecule has 4 nitrogen and oxygen atoms in total. The lowest BCUT2D eigenvalue weighted by atomic mass is 9.79. The second-order valence-corrected chi connectivity index (χ2v) is 5.06. The van der Waals surface area contributed by atoms with Crippen molar-refractivity contribution in [3.8, 4) is 6.07 Å². The lowest BCUT2D eigenvalue weighted by Crippen LogP contribution is -2.52. The van der Waals surface area contributed by atoms with Gasteiger partial charge in [-0.1, -0.05) is 0 Å². The number of rotatable bonds is 3. The molecule has 0 atom stereocenters. The summed E-state index contributed by atoms with van der Waals surface area (Å²) in [7, 11) is -3.22. The van der Waals surface area contributed by atoms with Crippen LogP contribution in [0.2, 0.25) is 0 Å². The van der Waals surface area contributed by atoms with Gasteiger partial charge in [-0.25, -0.2) is 8.42 Å². The summed E-state index contributed by atoms with van der Waals surface area (Å²) in [6.07, 6.45) is 2.21. The zero-order chi connectivity index (χ0) is 9.24. The molecule has 1 aliphatic rings. The largest absolute Gasteiger partial charge is 0.212 e. The molecule has 0 spiro atoms. The van der Waals surface area contributed by atoms with Crippen molar-refractivity contribution in [2.75, 3.05) is 5.75 Å². The molecule has 0 saturated heterocycles. The van der Waals surface area contributed by atoms with Crippen LogP contribution in [0.3, 0.4) is 0 Å². The Bertz CT molecular complexity index is 298. The molecule has 5 heteroatoms. The standard InChI is InChI=1S/C7H12N2O2S/c1-2-12(10,11)9-7(6-8)4-3-5-7/h9H,2-5H2,1H3. The fourth-order valence-corrected chi connectivity index (χ4v) is 2.13. The van der Waals surface area contributed by atoms with E-state index in [1.54, 1.807) is 6.92 Å². The number of nitriles is 1. The van der Waals surface area contributed by atoms with Crippen LogP contribution in [0.4, 0.5) is 0 Å². The molecule has 1 saturated carbocycles. The minimum absolute atomic E-state index is 0.0381. The first kappa shape index (κ1) is 9.49. The van der Waals surface area contributed by atoms with E-state index in [1.165, 1.54) is 0 Å². The molecular formula is C7H12N2O2S. The molecule has 1 N–H and O–H groups in total. The minimum atomic E-state index is -3.22. The van der Waals surface area contributed by atoms with Gasteiger partial charge in [0.15, 0.2) is 0 Å². The molecule has 1 aliphatic carbocycles. The summed E-state index contributed by atoms with van der Waals surface area (Å²) >= 11 is 0. The van der Waals surface area contributed by atoms with E-state index < -0.39 is 15.6 Å². The molecule has 0 bridgehead atoms. The number of sulfonamides is 1. The van der Waals surface area contributed by atoms with E-state index in [2.05, 4.69) is 4.72 Å². The van der Waals surface area contributed by atoms with Crippen molar-refractivity contribution in [2.24, 2.45) is 0 Å². The fourth-order valence-electron chi connectivity index (χ4n) is 1.14. The van der Waals surface area contributed by atoms with Crippen LogP contribution >= 0.6 is 0 Å². The predicted molar refractivity (Wildman–Crippen MR) is 44.8 cm³/mol. The van der Waals surface area contributed by atoms with Gasteiger partial charge in [-0.2, -0.15) is 9.98 Å². The second kappa shape index (κ2) is 3.04. The van der Waals surface area contributed by atoms with Crippen molar-refractivity contribution in [1.82, 2.24) is 4.72 Å². The van der Waals surface area contributed by atoms with E-state index in [0.717, 1.165) is 6.42 Å². The molecule has 0 aromatic rings. The van der Waals surface area contributed by atoms with E-state index in [4.69, 9.17) is 5.26 Å². The second-order valence-electron chi connectivity index (χ2n) is 3.05. The van der Waals surface area contributed by atoms with E-state index in [-0.39, 0.29) is 5.75 Å². The summed E-state index contributed by atoms with van der Waals surface area (Å²) in [5, 5.41) is 8.72. The average Bonchev–Trinajstić information content (AvgIpc) is 1.97. The van der Waals surface area contributed by atoms with E-state index in [1.807, 2.05) is 6.07 Å². The van der Waals surface area contributed by atoms with Gasteiger partial charge in [0.1, 0.15) is 5.54 Å². The molecule has 0 aromatic carbocycles. The highest BCUT2D eigenvalue weighted by atomic mass is 32.2. The Morgan fingerprint density at radius 2 is 2.17 bits per heavy atom. The van der Waals surface area contributed by atoms with Crippen molar-refractivity contribution in [2.45, 2.75) is 31.7 Å². The molecule has 0 radical (unpaired) electrons. The Kier molecular flexibility index (Phi) is 2.40. The van der Waals surface area contributed by atoms with Gasteiger partial charge >= 0.3 is 0 Å². The van der Waals surface area contributed by atoms with Crippen LogP contribution in [0.1, 0.15) is 26.2 Å². The maximum absolute atomic E-state index is 11.1. The van der Waals surface area contributed by atoms with Crippen LogP contribution in [-0.4, -0.2) is 19.7 Å². The molecule has 0 aromatic heterocycles. The number of hydrogen-bond acceptors (Lipinski definition) is 3. The maximum atomic E-state index is 11.1. The SMILES string of the molecule is CCS(=O)(=O)NC1(C#N)CCC1. The predicted octanol–water partition coefficient (Wildman–Crippen LogP) is 0.372. The van der Waals surface area contributed by atoms with Gasteiger partial charge in [0.05, 0.1) is 11.8 Å². The first-order chi connectivity index (χ1) is 5.54. The molecule has 1 fully saturated rings. The molecule has 0 aliphatic heterocycles. The quantitative estimate of drug-likeness (QED) is 0.695. The summed E-state index contributed by atoms with van der Waals surface area (Å²) in [5.74, 6) is 0.0381. The molecule has 0 unspecified atom stereocenters. The van der Waals surface area contributed by atoms with Gasteiger partial charge in [0.25, 0.3) is 0 Å². The summed E-state index contributed by atoms with van der Waals surface area (Å²) in [6.45, 7) is 1.56. The normalized spacial score (nSPS) is 21.0. The van der Waals surface area contributed by atoms with Crippen LogP contribution in [0.25, 0.3) is 0 Å². The Balaban J connectivity index is 2.68. The smallest absolute Gasteiger partial charge is 0.212 e. The summed E-state index contributed by atoms with van der Waals surface area (Å²) in [4.78, 5) is 0. The molecule has 68 valence electrons. The highest BCUT2D eigenvalue weighted by Crippen LogP contribution is 2.31. The topological polar surface area (TPSA) is 70.0 Å². The number of nitrogens with zero attached hydrogens (tertiary/aromatic N) is 1. The number of hydrogen-bond donors (Lipinski definition) is 1. The first-order valence-electron chi connectivity index (χ1n) is 3.96. The van der Waals surface area contributed by atoms with Crippen molar-refractivity contribution >= 4 is 10.0 Å². The van der Waals surface area contributed by atoms with Crippen molar-refractivity contribution in [3.05, 3.63) is 0 Å². The van der Waals surface area contributed by atoms with Crippen LogP contribution in [0.5, 0.6) is 0 Å². The molecule has 0 amide bonds. The monoisotopic (exact) mass is 188 g/mol. The lowest BCUT2D eigenvalue weighted by molar-refractivity contribution is 0.296. The van der Waals surface area contributed by atoms with Gasteiger partial charge in [0, 0.05) is 0 Å². The first-order valence-corrected chi connectivity index (χ1v) is 5.62. The summed E-state index contributed by atoms with van der Waals surface area (Å²) in [5.41, 5.74) is -0.783. The lowest BCUT2D eigenvalue weighted by Gasteiger charge is -2.35. The molecule has 12 heavy (non-hydrogen) atoms. The summed E-state index contributed by atoms with van der Waals surface area (Å²) in [6, 6.07) is 2.02. The third-order valence-electron chi connectivity index (χ3n) is 2.15. The van der Waals surface area contributed by atoms with Gasteiger partial charge in [-0.3, -0.25) is 0 Å². The molecular weight excluding hydrogens is 176 g/mol. The third-order valence-corrected chi connectivity index (χ3v) is 3.61. The Hall–Kier alpha value is -0.600. The van der Waals surface area contributed by atoms with Gasteiger partial charge in [0.2, 0.25) is 10.0 Å². The molecule has 0 heterocycles. The van der Waals surface area contributed by atoms with Gasteiger partial charge in [-0.05, 0) is 26.2 Å². The van der Waals surface area contributed by atoms with Crippen LogP contribution in [-0.2, 0) is 10.0 Å². The highest BCUT2D eigenvalue weighted by molar-refractivity contribution is 7.89. The van der Waals surface area contributed by atoms with E-state index in [0.29, 0.717) is 12.8 Å². The van der Waals surface area contributed by atoms with E-state index in [9.17, 15) is 8.42 Å². The maximum Gasteiger partial charge on any atom is 0.212 e. The molecule has 1 rings (SSSR count). The van der Waals surface area contributed by atoms with Crippen molar-refractivity contribution in [3.63, 3.8) is 0 Å². The van der Waals surface area contributed by atoms with E-state index >= 15 is 0 Å². The fraction of sp³-hybridized carbons (Fsp3) is 0.857. The van der Waals surface area contributed by atoms with Crippen molar-refractivity contribution in [1.29, 1.82) is 5.26 Å². The highest BCUT2D eigenvalue weighted by Gasteiger charge is 2.40.